The van der Waals surface area contributed by atoms with Crippen LogP contribution >= 0.6 is 0 Å². The molecule has 0 bridgehead atoms. The first-order valence-electron chi connectivity index (χ1n) is 7.26. The Labute approximate surface area is 137 Å². The van der Waals surface area contributed by atoms with Crippen LogP contribution < -0.4 is 15.5 Å². The number of ether oxygens (including phenoxy) is 1. The van der Waals surface area contributed by atoms with Gasteiger partial charge in [0, 0.05) is 18.4 Å². The number of nitrogens with zero attached hydrogens (tertiary/aromatic N) is 3. The van der Waals surface area contributed by atoms with Crippen LogP contribution in [0.5, 0.6) is 5.75 Å². The van der Waals surface area contributed by atoms with E-state index in [1.165, 1.54) is 0 Å². The van der Waals surface area contributed by atoms with E-state index in [-0.39, 0.29) is 36.4 Å². The standard InChI is InChI=1S/C15H15N5O4/c1-23-10-4-2-3-9(7-10)15-20-19-13(24-15)8-16-14(22)11-5-6-12(21)18-17-11/h2-4,7H,5-6,8H2,1H3,(H,16,22)(H,18,21). The number of hydrogen-bond donors (Lipinski definition) is 2. The van der Waals surface area contributed by atoms with Crippen LogP contribution in [0.3, 0.4) is 0 Å². The highest BCUT2D eigenvalue weighted by Crippen LogP contribution is 2.22. The van der Waals surface area contributed by atoms with Crippen molar-refractivity contribution >= 4 is 17.5 Å². The minimum absolute atomic E-state index is 0.0722. The van der Waals surface area contributed by atoms with E-state index in [0.717, 1.165) is 5.56 Å². The first-order valence-corrected chi connectivity index (χ1v) is 7.26. The molecule has 24 heavy (non-hydrogen) atoms. The van der Waals surface area contributed by atoms with Crippen molar-refractivity contribution in [3.8, 4) is 17.2 Å². The number of hydrogen-bond acceptors (Lipinski definition) is 7. The van der Waals surface area contributed by atoms with Crippen molar-refractivity contribution in [2.45, 2.75) is 19.4 Å². The van der Waals surface area contributed by atoms with Gasteiger partial charge in [0.05, 0.1) is 13.7 Å². The molecule has 9 nitrogen and oxygen atoms in total. The Balaban J connectivity index is 1.62. The van der Waals surface area contributed by atoms with Crippen molar-refractivity contribution in [1.82, 2.24) is 20.9 Å². The minimum atomic E-state index is -0.379. The summed E-state index contributed by atoms with van der Waals surface area (Å²) >= 11 is 0. The lowest BCUT2D eigenvalue weighted by atomic mass is 10.1. The van der Waals surface area contributed by atoms with Gasteiger partial charge in [0.1, 0.15) is 11.5 Å². The topological polar surface area (TPSA) is 119 Å². The van der Waals surface area contributed by atoms with Crippen LogP contribution in [0.4, 0.5) is 0 Å². The zero-order chi connectivity index (χ0) is 16.9. The molecule has 2 aromatic rings. The molecule has 3 rings (SSSR count). The maximum Gasteiger partial charge on any atom is 0.267 e. The van der Waals surface area contributed by atoms with Gasteiger partial charge in [-0.1, -0.05) is 6.07 Å². The molecule has 0 radical (unpaired) electrons. The number of nitrogens with one attached hydrogen (secondary N) is 2. The van der Waals surface area contributed by atoms with Gasteiger partial charge in [0.15, 0.2) is 0 Å². The van der Waals surface area contributed by atoms with Crippen molar-refractivity contribution in [3.05, 3.63) is 30.2 Å². The molecule has 0 spiro atoms. The van der Waals surface area contributed by atoms with Gasteiger partial charge >= 0.3 is 0 Å². The molecule has 0 saturated heterocycles. The largest absolute Gasteiger partial charge is 0.497 e. The van der Waals surface area contributed by atoms with E-state index in [4.69, 9.17) is 9.15 Å². The van der Waals surface area contributed by atoms with Crippen molar-refractivity contribution < 1.29 is 18.7 Å². The smallest absolute Gasteiger partial charge is 0.267 e. The van der Waals surface area contributed by atoms with Crippen molar-refractivity contribution in [2.75, 3.05) is 7.11 Å². The molecule has 0 unspecified atom stereocenters. The third kappa shape index (κ3) is 3.57. The van der Waals surface area contributed by atoms with E-state index < -0.39 is 0 Å². The zero-order valence-electron chi connectivity index (χ0n) is 12.9. The lowest BCUT2D eigenvalue weighted by Gasteiger charge is -2.10. The van der Waals surface area contributed by atoms with Crippen molar-refractivity contribution in [1.29, 1.82) is 0 Å². The molecule has 2 heterocycles. The predicted octanol–water partition coefficient (Wildman–Crippen LogP) is 0.627. The molecule has 0 aliphatic carbocycles. The quantitative estimate of drug-likeness (QED) is 0.830. The summed E-state index contributed by atoms with van der Waals surface area (Å²) in [5.41, 5.74) is 3.26. The average Bonchev–Trinajstić information content (AvgIpc) is 3.09. The highest BCUT2D eigenvalue weighted by atomic mass is 16.5. The summed E-state index contributed by atoms with van der Waals surface area (Å²) in [6.45, 7) is 0.0722. The molecule has 9 heteroatoms. The average molecular weight is 329 g/mol. The summed E-state index contributed by atoms with van der Waals surface area (Å²) in [6.07, 6.45) is 0.545. The normalized spacial score (nSPS) is 13.9. The molecule has 0 atom stereocenters. The maximum absolute atomic E-state index is 11.9. The van der Waals surface area contributed by atoms with E-state index in [1.54, 1.807) is 13.2 Å². The van der Waals surface area contributed by atoms with Gasteiger partial charge in [-0.15, -0.1) is 10.2 Å². The Hall–Kier alpha value is -3.23. The van der Waals surface area contributed by atoms with Gasteiger partial charge in [-0.3, -0.25) is 9.59 Å². The highest BCUT2D eigenvalue weighted by Gasteiger charge is 2.18. The van der Waals surface area contributed by atoms with Gasteiger partial charge in [-0.2, -0.15) is 5.10 Å². The number of carbonyl (C=O) groups excluding carboxylic acids is 2. The molecule has 1 aliphatic heterocycles. The fourth-order valence-electron chi connectivity index (χ4n) is 2.09. The molecule has 1 aromatic carbocycles. The number of methoxy groups -OCH3 is 1. The Kier molecular flexibility index (Phi) is 4.50. The van der Waals surface area contributed by atoms with Gasteiger partial charge in [0.2, 0.25) is 17.7 Å². The SMILES string of the molecule is COc1cccc(-c2nnc(CNC(=O)C3=NNC(=O)CC3)o2)c1. The molecule has 0 fully saturated rings. The van der Waals surface area contributed by atoms with Gasteiger partial charge in [0.25, 0.3) is 5.91 Å². The molecule has 1 aromatic heterocycles. The van der Waals surface area contributed by atoms with E-state index in [1.807, 2.05) is 18.2 Å². The Morgan fingerprint density at radius 2 is 2.25 bits per heavy atom. The summed E-state index contributed by atoms with van der Waals surface area (Å²) < 4.78 is 10.7. The minimum Gasteiger partial charge on any atom is -0.497 e. The fourth-order valence-corrected chi connectivity index (χ4v) is 2.09. The third-order valence-electron chi connectivity index (χ3n) is 3.35. The van der Waals surface area contributed by atoms with Crippen LogP contribution in [0.25, 0.3) is 11.5 Å². The molecule has 2 N–H and O–H groups in total. The number of benzene rings is 1. The monoisotopic (exact) mass is 329 g/mol. The zero-order valence-corrected chi connectivity index (χ0v) is 12.9. The number of rotatable bonds is 5. The summed E-state index contributed by atoms with van der Waals surface area (Å²) in [5, 5.41) is 14.2. The van der Waals surface area contributed by atoms with Crippen LogP contribution in [-0.2, 0) is 16.1 Å². The van der Waals surface area contributed by atoms with E-state index in [9.17, 15) is 9.59 Å². The Morgan fingerprint density at radius 3 is 3.00 bits per heavy atom. The van der Waals surface area contributed by atoms with E-state index in [0.29, 0.717) is 18.1 Å². The third-order valence-corrected chi connectivity index (χ3v) is 3.35. The molecule has 1 aliphatic rings. The molecule has 124 valence electrons. The lowest BCUT2D eigenvalue weighted by molar-refractivity contribution is -0.121. The van der Waals surface area contributed by atoms with Crippen molar-refractivity contribution in [3.63, 3.8) is 0 Å². The number of aromatic nitrogens is 2. The predicted molar refractivity (Wildman–Crippen MR) is 82.9 cm³/mol. The molecular weight excluding hydrogens is 314 g/mol. The number of hydrazone groups is 1. The first-order chi connectivity index (χ1) is 11.7. The van der Waals surface area contributed by atoms with Gasteiger partial charge < -0.3 is 14.5 Å². The van der Waals surface area contributed by atoms with Gasteiger partial charge in [-0.25, -0.2) is 5.43 Å². The molecule has 2 amide bonds. The first kappa shape index (κ1) is 15.7. The van der Waals surface area contributed by atoms with E-state index >= 15 is 0 Å². The number of carbonyl (C=O) groups is 2. The Morgan fingerprint density at radius 1 is 1.38 bits per heavy atom. The second kappa shape index (κ2) is 6.90. The summed E-state index contributed by atoms with van der Waals surface area (Å²) in [6, 6.07) is 7.22. The summed E-state index contributed by atoms with van der Waals surface area (Å²) in [4.78, 5) is 22.9. The molecular formula is C15H15N5O4. The van der Waals surface area contributed by atoms with Crippen LogP contribution in [-0.4, -0.2) is 34.8 Å². The highest BCUT2D eigenvalue weighted by molar-refractivity contribution is 6.39. The van der Waals surface area contributed by atoms with Crippen LogP contribution in [0.1, 0.15) is 18.7 Å². The van der Waals surface area contributed by atoms with E-state index in [2.05, 4.69) is 26.0 Å². The molecule has 0 saturated carbocycles. The lowest BCUT2D eigenvalue weighted by Crippen LogP contribution is -2.36. The number of amides is 2. The fraction of sp³-hybridized carbons (Fsp3) is 0.267. The van der Waals surface area contributed by atoms with Crippen LogP contribution in [0, 0.1) is 0 Å². The second-order valence-corrected chi connectivity index (χ2v) is 5.01. The maximum atomic E-state index is 11.9. The summed E-state index contributed by atoms with van der Waals surface area (Å²) in [7, 11) is 1.57. The van der Waals surface area contributed by atoms with Gasteiger partial charge in [-0.05, 0) is 18.2 Å². The van der Waals surface area contributed by atoms with Crippen LogP contribution in [0.2, 0.25) is 0 Å². The van der Waals surface area contributed by atoms with Crippen molar-refractivity contribution in [2.24, 2.45) is 5.10 Å². The second-order valence-electron chi connectivity index (χ2n) is 5.01. The van der Waals surface area contributed by atoms with Crippen LogP contribution in [0.15, 0.2) is 33.8 Å². The summed E-state index contributed by atoms with van der Waals surface area (Å²) in [5.74, 6) is 0.697. The Bertz CT molecular complexity index is 799.